The van der Waals surface area contributed by atoms with Crippen molar-refractivity contribution in [3.63, 3.8) is 0 Å². The van der Waals surface area contributed by atoms with Crippen LogP contribution < -0.4 is 0 Å². The average molecular weight is 375 g/mol. The maximum absolute atomic E-state index is 13.6. The van der Waals surface area contributed by atoms with Crippen LogP contribution in [-0.4, -0.2) is 53.0 Å². The van der Waals surface area contributed by atoms with Crippen molar-refractivity contribution >= 4 is 25.8 Å². The van der Waals surface area contributed by atoms with E-state index in [0.29, 0.717) is 25.8 Å². The Morgan fingerprint density at radius 2 is 1.69 bits per heavy atom. The van der Waals surface area contributed by atoms with Gasteiger partial charge in [-0.15, -0.1) is 0 Å². The molecular weight excluding hydrogens is 357 g/mol. The van der Waals surface area contributed by atoms with Gasteiger partial charge in [0.25, 0.3) is 0 Å². The van der Waals surface area contributed by atoms with Crippen LogP contribution in [0.15, 0.2) is 0 Å². The standard InChI is InChI=1S/C10H17FN.Tl/c11-9-3-5-10(6-4-9)12-7-1-2-8-12;/h10H,1-8H2;. The van der Waals surface area contributed by atoms with Gasteiger partial charge in [0.2, 0.25) is 0 Å². The number of halogens is 1. The molecular formula is C10H17FNTl. The van der Waals surface area contributed by atoms with Crippen molar-refractivity contribution in [1.29, 1.82) is 0 Å². The summed E-state index contributed by atoms with van der Waals surface area (Å²) in [5.41, 5.74) is 0. The molecule has 1 saturated carbocycles. The van der Waals surface area contributed by atoms with Crippen molar-refractivity contribution in [3.8, 4) is 0 Å². The van der Waals surface area contributed by atoms with Crippen LogP contribution in [0.2, 0.25) is 0 Å². The van der Waals surface area contributed by atoms with Crippen molar-refractivity contribution in [3.05, 3.63) is 0 Å². The number of nitrogens with zero attached hydrogens (tertiary/aromatic N) is 1. The van der Waals surface area contributed by atoms with Crippen LogP contribution >= 0.6 is 0 Å². The second-order valence-corrected chi connectivity index (χ2v) is 8.53. The molecule has 0 aromatic heterocycles. The summed E-state index contributed by atoms with van der Waals surface area (Å²) >= 11 is 0.525. The van der Waals surface area contributed by atoms with Crippen molar-refractivity contribution < 1.29 is 4.39 Å². The van der Waals surface area contributed by atoms with E-state index < -0.39 is 3.23 Å². The molecule has 13 heavy (non-hydrogen) atoms. The van der Waals surface area contributed by atoms with Gasteiger partial charge in [-0.05, 0) is 0 Å². The van der Waals surface area contributed by atoms with Crippen LogP contribution in [0.5, 0.6) is 0 Å². The number of rotatable bonds is 1. The third-order valence-electron chi connectivity index (χ3n) is 3.44. The predicted molar refractivity (Wildman–Crippen MR) is 52.7 cm³/mol. The van der Waals surface area contributed by atoms with Gasteiger partial charge in [-0.3, -0.25) is 0 Å². The molecule has 1 aliphatic carbocycles. The Morgan fingerprint density at radius 1 is 1.15 bits per heavy atom. The van der Waals surface area contributed by atoms with Crippen molar-refractivity contribution in [2.45, 2.75) is 47.8 Å². The molecule has 1 aliphatic heterocycles. The maximum atomic E-state index is 13.6. The molecule has 1 heterocycles. The molecule has 0 unspecified atom stereocenters. The van der Waals surface area contributed by atoms with E-state index in [2.05, 4.69) is 4.90 Å². The molecule has 0 atom stereocenters. The molecule has 72 valence electrons. The SMILES string of the molecule is F[C]1([Tl])CCC(N2CCCC2)CC1. The van der Waals surface area contributed by atoms with Crippen molar-refractivity contribution in [2.75, 3.05) is 13.1 Å². The molecule has 0 bridgehead atoms. The summed E-state index contributed by atoms with van der Waals surface area (Å²) in [4.78, 5) is 2.58. The first-order valence-electron chi connectivity index (χ1n) is 5.39. The summed E-state index contributed by atoms with van der Waals surface area (Å²) in [6, 6.07) is 0.727. The van der Waals surface area contributed by atoms with Gasteiger partial charge in [0.15, 0.2) is 0 Å². The van der Waals surface area contributed by atoms with E-state index in [-0.39, 0.29) is 0 Å². The predicted octanol–water partition coefficient (Wildman–Crippen LogP) is 1.86. The van der Waals surface area contributed by atoms with Gasteiger partial charge in [0.05, 0.1) is 0 Å². The normalized spacial score (nSPS) is 42.3. The monoisotopic (exact) mass is 375 g/mol. The molecule has 0 aromatic rings. The Labute approximate surface area is 95.7 Å². The van der Waals surface area contributed by atoms with E-state index in [1.165, 1.54) is 25.9 Å². The molecule has 0 aromatic carbocycles. The minimum absolute atomic E-state index is 0.525. The van der Waals surface area contributed by atoms with Gasteiger partial charge < -0.3 is 0 Å². The zero-order chi connectivity index (χ0) is 9.31. The van der Waals surface area contributed by atoms with Crippen molar-refractivity contribution in [2.24, 2.45) is 0 Å². The van der Waals surface area contributed by atoms with Crippen LogP contribution in [0.25, 0.3) is 0 Å². The van der Waals surface area contributed by atoms with Crippen LogP contribution in [0.4, 0.5) is 4.39 Å². The summed E-state index contributed by atoms with van der Waals surface area (Å²) in [7, 11) is 0. The number of hydrogen-bond acceptors (Lipinski definition) is 1. The second-order valence-electron chi connectivity index (χ2n) is 4.51. The van der Waals surface area contributed by atoms with E-state index in [9.17, 15) is 4.39 Å². The molecule has 3 heteroatoms. The summed E-state index contributed by atoms with van der Waals surface area (Å²) in [6.07, 6.45) is 6.65. The molecule has 1 nitrogen and oxygen atoms in total. The molecule has 0 N–H and O–H groups in total. The fourth-order valence-electron chi connectivity index (χ4n) is 2.55. The van der Waals surface area contributed by atoms with Crippen molar-refractivity contribution in [1.82, 2.24) is 4.90 Å². The van der Waals surface area contributed by atoms with Gasteiger partial charge in [0, 0.05) is 0 Å². The zero-order valence-electron chi connectivity index (χ0n) is 8.14. The van der Waals surface area contributed by atoms with Gasteiger partial charge in [-0.1, -0.05) is 0 Å². The quantitative estimate of drug-likeness (QED) is 0.633. The first-order chi connectivity index (χ1) is 6.17. The van der Waals surface area contributed by atoms with E-state index in [1.807, 2.05) is 0 Å². The molecule has 2 aliphatic rings. The fraction of sp³-hybridized carbons (Fsp3) is 1.00. The van der Waals surface area contributed by atoms with E-state index in [4.69, 9.17) is 0 Å². The Bertz CT molecular complexity index is 168. The van der Waals surface area contributed by atoms with E-state index >= 15 is 0 Å². The number of hydrogen-bond donors (Lipinski definition) is 0. The summed E-state index contributed by atoms with van der Waals surface area (Å²) in [6.45, 7) is 2.54. The molecule has 0 radical (unpaired) electrons. The van der Waals surface area contributed by atoms with E-state index in [1.54, 1.807) is 0 Å². The number of alkyl halides is 1. The van der Waals surface area contributed by atoms with Crippen LogP contribution in [0.3, 0.4) is 0 Å². The molecule has 0 spiro atoms. The zero-order valence-corrected chi connectivity index (χ0v) is 12.6. The Morgan fingerprint density at radius 3 is 2.23 bits per heavy atom. The molecule has 1 saturated heterocycles. The topological polar surface area (TPSA) is 3.24 Å². The summed E-state index contributed by atoms with van der Waals surface area (Å²) in [5.74, 6) is 0. The Kier molecular flexibility index (Phi) is 3.28. The van der Waals surface area contributed by atoms with Gasteiger partial charge in [0.1, 0.15) is 0 Å². The third kappa shape index (κ3) is 2.64. The first-order valence-corrected chi connectivity index (χ1v) is 7.64. The molecule has 2 rings (SSSR count). The van der Waals surface area contributed by atoms with Gasteiger partial charge in [-0.2, -0.15) is 0 Å². The Balaban J connectivity index is 1.83. The number of likely N-dealkylation sites (tertiary alicyclic amines) is 1. The Hall–Kier alpha value is 0.812. The molecule has 0 amide bonds. The van der Waals surface area contributed by atoms with Crippen LogP contribution in [0, 0.1) is 0 Å². The fourth-order valence-corrected chi connectivity index (χ4v) is 3.85. The van der Waals surface area contributed by atoms with Gasteiger partial charge >= 0.3 is 95.9 Å². The third-order valence-corrected chi connectivity index (χ3v) is 5.69. The summed E-state index contributed by atoms with van der Waals surface area (Å²) < 4.78 is 12.9. The van der Waals surface area contributed by atoms with Gasteiger partial charge in [-0.25, -0.2) is 0 Å². The average Bonchev–Trinajstić information content (AvgIpc) is 2.56. The van der Waals surface area contributed by atoms with Crippen LogP contribution in [-0.2, 0) is 0 Å². The minimum atomic E-state index is -0.698. The second kappa shape index (κ2) is 4.13. The van der Waals surface area contributed by atoms with Crippen LogP contribution in [0.1, 0.15) is 38.5 Å². The molecule has 2 fully saturated rings. The van der Waals surface area contributed by atoms with E-state index in [0.717, 1.165) is 31.7 Å². The first kappa shape index (κ1) is 10.3. The summed E-state index contributed by atoms with van der Waals surface area (Å²) in [5, 5.41) is 0.